The van der Waals surface area contributed by atoms with Crippen LogP contribution in [0.25, 0.3) is 0 Å². The Kier molecular flexibility index (Phi) is 5.78. The van der Waals surface area contributed by atoms with Gasteiger partial charge in [0.15, 0.2) is 12.1 Å². The van der Waals surface area contributed by atoms with E-state index in [1.54, 1.807) is 0 Å². The molecule has 0 saturated carbocycles. The van der Waals surface area contributed by atoms with Gasteiger partial charge in [-0.25, -0.2) is 9.97 Å². The number of anilines is 1. The molecule has 1 amide bonds. The third-order valence-corrected chi connectivity index (χ3v) is 3.21. The van der Waals surface area contributed by atoms with Gasteiger partial charge >= 0.3 is 6.18 Å². The van der Waals surface area contributed by atoms with Crippen molar-refractivity contribution in [2.75, 3.05) is 18.4 Å². The molecule has 9 heteroatoms. The monoisotopic (exact) mass is 342 g/mol. The summed E-state index contributed by atoms with van der Waals surface area (Å²) in [6.45, 7) is 2.71. The maximum absolute atomic E-state index is 12.4. The molecule has 0 fully saturated rings. The van der Waals surface area contributed by atoms with Gasteiger partial charge in [-0.05, 0) is 18.6 Å². The predicted octanol–water partition coefficient (Wildman–Crippen LogP) is 2.88. The summed E-state index contributed by atoms with van der Waals surface area (Å²) in [4.78, 5) is 19.4. The average Bonchev–Trinajstić information content (AvgIpc) is 3.02. The molecule has 0 aliphatic carbocycles. The van der Waals surface area contributed by atoms with Crippen molar-refractivity contribution in [2.45, 2.75) is 25.9 Å². The van der Waals surface area contributed by atoms with E-state index in [4.69, 9.17) is 4.42 Å². The molecule has 0 spiro atoms. The topological polar surface area (TPSA) is 80.0 Å². The van der Waals surface area contributed by atoms with Crippen LogP contribution in [0.4, 0.5) is 19.0 Å². The van der Waals surface area contributed by atoms with Crippen molar-refractivity contribution < 1.29 is 22.4 Å². The quantitative estimate of drug-likeness (QED) is 0.757. The Balaban J connectivity index is 1.71. The van der Waals surface area contributed by atoms with Crippen LogP contribution in [-0.4, -0.2) is 29.0 Å². The number of alkyl halides is 3. The van der Waals surface area contributed by atoms with Crippen molar-refractivity contribution in [3.63, 3.8) is 0 Å². The van der Waals surface area contributed by atoms with Crippen molar-refractivity contribution in [3.05, 3.63) is 41.7 Å². The highest BCUT2D eigenvalue weighted by Crippen LogP contribution is 2.28. The van der Waals surface area contributed by atoms with E-state index in [9.17, 15) is 18.0 Å². The Morgan fingerprint density at radius 2 is 2.04 bits per heavy atom. The summed E-state index contributed by atoms with van der Waals surface area (Å²) in [5.74, 6) is 0.562. The fourth-order valence-corrected chi connectivity index (χ4v) is 1.96. The van der Waals surface area contributed by atoms with E-state index in [2.05, 4.69) is 20.6 Å². The second kappa shape index (κ2) is 7.80. The maximum atomic E-state index is 12.4. The van der Waals surface area contributed by atoms with Gasteiger partial charge in [0, 0.05) is 25.7 Å². The van der Waals surface area contributed by atoms with E-state index >= 15 is 0 Å². The number of nitrogens with one attached hydrogen (secondary N) is 2. The average molecular weight is 342 g/mol. The van der Waals surface area contributed by atoms with Crippen LogP contribution in [0.1, 0.15) is 35.2 Å². The fraction of sp³-hybridized carbons (Fsp3) is 0.400. The number of rotatable bonds is 7. The SMILES string of the molecule is CCc1ocnc1C(=O)NCCCNc1ccc(C(F)(F)F)cn1. The van der Waals surface area contributed by atoms with Gasteiger partial charge < -0.3 is 15.1 Å². The summed E-state index contributed by atoms with van der Waals surface area (Å²) < 4.78 is 42.3. The third-order valence-electron chi connectivity index (χ3n) is 3.21. The zero-order chi connectivity index (χ0) is 17.6. The molecule has 0 aromatic carbocycles. The molecule has 0 saturated heterocycles. The molecule has 0 atom stereocenters. The van der Waals surface area contributed by atoms with E-state index in [1.165, 1.54) is 12.5 Å². The Morgan fingerprint density at radius 3 is 2.67 bits per heavy atom. The van der Waals surface area contributed by atoms with Crippen molar-refractivity contribution in [2.24, 2.45) is 0 Å². The summed E-state index contributed by atoms with van der Waals surface area (Å²) in [6.07, 6.45) is -1.24. The first kappa shape index (κ1) is 17.8. The van der Waals surface area contributed by atoms with Gasteiger partial charge in [0.2, 0.25) is 0 Å². The number of oxazole rings is 1. The molecular weight excluding hydrogens is 325 g/mol. The van der Waals surface area contributed by atoms with Gasteiger partial charge in [-0.15, -0.1) is 0 Å². The van der Waals surface area contributed by atoms with Crippen LogP contribution in [0.3, 0.4) is 0 Å². The molecule has 0 aliphatic heterocycles. The molecule has 24 heavy (non-hydrogen) atoms. The smallest absolute Gasteiger partial charge is 0.417 e. The highest BCUT2D eigenvalue weighted by atomic mass is 19.4. The molecule has 2 aromatic rings. The van der Waals surface area contributed by atoms with E-state index in [1.807, 2.05) is 6.92 Å². The fourth-order valence-electron chi connectivity index (χ4n) is 1.96. The van der Waals surface area contributed by atoms with Crippen LogP contribution < -0.4 is 10.6 Å². The van der Waals surface area contributed by atoms with Crippen molar-refractivity contribution >= 4 is 11.7 Å². The zero-order valence-corrected chi connectivity index (χ0v) is 13.0. The lowest BCUT2D eigenvalue weighted by atomic mass is 10.2. The summed E-state index contributed by atoms with van der Waals surface area (Å²) in [6, 6.07) is 2.23. The Hall–Kier alpha value is -2.58. The van der Waals surface area contributed by atoms with Crippen LogP contribution in [0, 0.1) is 0 Å². The predicted molar refractivity (Wildman–Crippen MR) is 80.6 cm³/mol. The number of aryl methyl sites for hydroxylation is 1. The molecule has 0 aliphatic rings. The Bertz CT molecular complexity index is 668. The van der Waals surface area contributed by atoms with Crippen LogP contribution in [0.2, 0.25) is 0 Å². The number of amides is 1. The molecule has 2 aromatic heterocycles. The van der Waals surface area contributed by atoms with Gasteiger partial charge in [0.25, 0.3) is 5.91 Å². The van der Waals surface area contributed by atoms with Gasteiger partial charge in [0.1, 0.15) is 11.6 Å². The summed E-state index contributed by atoms with van der Waals surface area (Å²) in [5.41, 5.74) is -0.519. The van der Waals surface area contributed by atoms with Crippen LogP contribution in [-0.2, 0) is 12.6 Å². The molecule has 2 rings (SSSR count). The minimum atomic E-state index is -4.39. The Morgan fingerprint density at radius 1 is 1.25 bits per heavy atom. The largest absolute Gasteiger partial charge is 0.448 e. The van der Waals surface area contributed by atoms with E-state index in [0.29, 0.717) is 37.5 Å². The van der Waals surface area contributed by atoms with E-state index in [-0.39, 0.29) is 11.6 Å². The number of halogens is 3. The number of pyridine rings is 1. The molecule has 6 nitrogen and oxygen atoms in total. The number of aromatic nitrogens is 2. The molecule has 130 valence electrons. The lowest BCUT2D eigenvalue weighted by molar-refractivity contribution is -0.137. The molecule has 0 radical (unpaired) electrons. The number of carbonyl (C=O) groups is 1. The first-order valence-electron chi connectivity index (χ1n) is 7.39. The summed E-state index contributed by atoms with van der Waals surface area (Å²) in [7, 11) is 0. The van der Waals surface area contributed by atoms with Crippen LogP contribution in [0.15, 0.2) is 29.1 Å². The number of nitrogens with zero attached hydrogens (tertiary/aromatic N) is 2. The third kappa shape index (κ3) is 4.71. The normalized spacial score (nSPS) is 11.3. The first-order valence-corrected chi connectivity index (χ1v) is 7.39. The van der Waals surface area contributed by atoms with Crippen molar-refractivity contribution in [3.8, 4) is 0 Å². The van der Waals surface area contributed by atoms with E-state index in [0.717, 1.165) is 12.3 Å². The molecule has 0 unspecified atom stereocenters. The molecule has 0 bridgehead atoms. The van der Waals surface area contributed by atoms with Crippen LogP contribution in [0.5, 0.6) is 0 Å². The Labute approximate surface area is 136 Å². The minimum Gasteiger partial charge on any atom is -0.448 e. The van der Waals surface area contributed by atoms with Gasteiger partial charge in [-0.2, -0.15) is 13.2 Å². The minimum absolute atomic E-state index is 0.273. The number of carbonyl (C=O) groups excluding carboxylic acids is 1. The number of hydrogen-bond acceptors (Lipinski definition) is 5. The molecular formula is C15H17F3N4O2. The van der Waals surface area contributed by atoms with Crippen molar-refractivity contribution in [1.29, 1.82) is 0 Å². The van der Waals surface area contributed by atoms with Gasteiger partial charge in [-0.1, -0.05) is 6.92 Å². The second-order valence-electron chi connectivity index (χ2n) is 4.94. The van der Waals surface area contributed by atoms with Crippen molar-refractivity contribution in [1.82, 2.24) is 15.3 Å². The second-order valence-corrected chi connectivity index (χ2v) is 4.94. The van der Waals surface area contributed by atoms with Gasteiger partial charge in [-0.3, -0.25) is 4.79 Å². The van der Waals surface area contributed by atoms with Gasteiger partial charge in [0.05, 0.1) is 5.56 Å². The summed E-state index contributed by atoms with van der Waals surface area (Å²) >= 11 is 0. The standard InChI is InChI=1S/C15H17F3N4O2/c1-2-11-13(22-9-24-11)14(23)20-7-3-6-19-12-5-4-10(8-21-12)15(16,17)18/h4-5,8-9H,2-3,6-7H2,1H3,(H,19,21)(H,20,23). The summed E-state index contributed by atoms with van der Waals surface area (Å²) in [5, 5.41) is 5.59. The lowest BCUT2D eigenvalue weighted by Crippen LogP contribution is -2.27. The zero-order valence-electron chi connectivity index (χ0n) is 13.0. The molecule has 2 heterocycles. The highest BCUT2D eigenvalue weighted by molar-refractivity contribution is 5.93. The van der Waals surface area contributed by atoms with E-state index < -0.39 is 11.7 Å². The lowest BCUT2D eigenvalue weighted by Gasteiger charge is -2.09. The first-order chi connectivity index (χ1) is 11.4. The molecule has 2 N–H and O–H groups in total. The van der Waals surface area contributed by atoms with Crippen LogP contribution >= 0.6 is 0 Å². The number of hydrogen-bond donors (Lipinski definition) is 2. The highest BCUT2D eigenvalue weighted by Gasteiger charge is 2.30. The maximum Gasteiger partial charge on any atom is 0.417 e.